The smallest absolute Gasteiger partial charge is 0.155 e. The third-order valence-electron chi connectivity index (χ3n) is 2.12. The van der Waals surface area contributed by atoms with E-state index in [1.807, 2.05) is 20.8 Å². The van der Waals surface area contributed by atoms with Crippen LogP contribution in [0.25, 0.3) is 0 Å². The van der Waals surface area contributed by atoms with Crippen molar-refractivity contribution in [2.45, 2.75) is 33.2 Å². The predicted octanol–water partition coefficient (Wildman–Crippen LogP) is 0.766. The van der Waals surface area contributed by atoms with E-state index < -0.39 is 0 Å². The van der Waals surface area contributed by atoms with Gasteiger partial charge in [-0.15, -0.1) is 0 Å². The molecule has 1 fully saturated rings. The fraction of sp³-hybridized carbons (Fsp3) is 1.00. The van der Waals surface area contributed by atoms with Gasteiger partial charge in [0.05, 0.1) is 19.3 Å². The number of rotatable bonds is 2. The highest BCUT2D eigenvalue weighted by Crippen LogP contribution is 2.28. The Bertz CT molecular complexity index is 133. The zero-order valence-corrected chi connectivity index (χ0v) is 7.33. The molecule has 1 aliphatic rings. The minimum atomic E-state index is -0.190. The molecule has 0 spiro atoms. The number of aliphatic hydroxyl groups is 1. The molecule has 0 aromatic heterocycles. The third kappa shape index (κ3) is 1.92. The fourth-order valence-electron chi connectivity index (χ4n) is 1.04. The normalized spacial score (nSPS) is 32.7. The highest BCUT2D eigenvalue weighted by Gasteiger charge is 2.35. The third-order valence-corrected chi connectivity index (χ3v) is 2.12. The molecule has 1 rings (SSSR count). The summed E-state index contributed by atoms with van der Waals surface area (Å²) in [5.41, 5.74) is -0.190. The Morgan fingerprint density at radius 1 is 1.55 bits per heavy atom. The summed E-state index contributed by atoms with van der Waals surface area (Å²) in [5.74, 6) is 0. The van der Waals surface area contributed by atoms with Crippen molar-refractivity contribution in [2.75, 3.05) is 13.2 Å². The highest BCUT2D eigenvalue weighted by molar-refractivity contribution is 4.80. The Labute approximate surface area is 67.3 Å². The second-order valence-corrected chi connectivity index (χ2v) is 3.67. The van der Waals surface area contributed by atoms with Crippen molar-refractivity contribution in [3.63, 3.8) is 0 Å². The lowest BCUT2D eigenvalue weighted by molar-refractivity contribution is -0.0742. The van der Waals surface area contributed by atoms with Crippen LogP contribution in [-0.4, -0.2) is 30.7 Å². The molecule has 0 amide bonds. The maximum atomic E-state index is 9.01. The summed E-state index contributed by atoms with van der Waals surface area (Å²) in [7, 11) is 0. The molecule has 1 N–H and O–H groups in total. The van der Waals surface area contributed by atoms with Gasteiger partial charge in [-0.05, 0) is 6.92 Å². The molecule has 1 heterocycles. The van der Waals surface area contributed by atoms with Gasteiger partial charge in [0, 0.05) is 5.41 Å². The quantitative estimate of drug-likeness (QED) is 0.648. The predicted molar refractivity (Wildman–Crippen MR) is 41.2 cm³/mol. The maximum absolute atomic E-state index is 9.01. The molecule has 0 bridgehead atoms. The maximum Gasteiger partial charge on any atom is 0.155 e. The summed E-state index contributed by atoms with van der Waals surface area (Å²) in [6.45, 7) is 6.54. The molecular formula is C8H16O3. The van der Waals surface area contributed by atoms with Gasteiger partial charge in [-0.3, -0.25) is 0 Å². The molecule has 1 aliphatic heterocycles. The second kappa shape index (κ2) is 3.09. The Kier molecular flexibility index (Phi) is 2.52. The summed E-state index contributed by atoms with van der Waals surface area (Å²) in [5, 5.41) is 9.01. The fourth-order valence-corrected chi connectivity index (χ4v) is 1.04. The largest absolute Gasteiger partial charge is 0.396 e. The van der Waals surface area contributed by atoms with Crippen LogP contribution in [0.1, 0.15) is 20.8 Å². The van der Waals surface area contributed by atoms with E-state index >= 15 is 0 Å². The molecular weight excluding hydrogens is 144 g/mol. The molecule has 3 heteroatoms. The van der Waals surface area contributed by atoms with Gasteiger partial charge < -0.3 is 14.6 Å². The van der Waals surface area contributed by atoms with Crippen molar-refractivity contribution < 1.29 is 14.6 Å². The van der Waals surface area contributed by atoms with Crippen LogP contribution in [0.2, 0.25) is 0 Å². The molecule has 1 saturated heterocycles. The monoisotopic (exact) mass is 160 g/mol. The van der Waals surface area contributed by atoms with Gasteiger partial charge in [-0.25, -0.2) is 0 Å². The van der Waals surface area contributed by atoms with Gasteiger partial charge >= 0.3 is 0 Å². The molecule has 0 aromatic carbocycles. The molecule has 0 saturated carbocycles. The molecule has 2 unspecified atom stereocenters. The summed E-state index contributed by atoms with van der Waals surface area (Å²) >= 11 is 0. The van der Waals surface area contributed by atoms with Gasteiger partial charge in [0.2, 0.25) is 0 Å². The Hall–Kier alpha value is -0.120. The van der Waals surface area contributed by atoms with E-state index in [0.717, 1.165) is 0 Å². The molecule has 0 aromatic rings. The first-order valence-electron chi connectivity index (χ1n) is 3.94. The first kappa shape index (κ1) is 8.97. The SMILES string of the molecule is CC1OCC(C(C)(C)CO)O1. The lowest BCUT2D eigenvalue weighted by Crippen LogP contribution is -2.34. The van der Waals surface area contributed by atoms with E-state index in [4.69, 9.17) is 14.6 Å². The number of hydrogen-bond acceptors (Lipinski definition) is 3. The van der Waals surface area contributed by atoms with Crippen molar-refractivity contribution in [1.82, 2.24) is 0 Å². The lowest BCUT2D eigenvalue weighted by atomic mass is 9.88. The molecule has 3 nitrogen and oxygen atoms in total. The number of ether oxygens (including phenoxy) is 2. The van der Waals surface area contributed by atoms with Crippen LogP contribution >= 0.6 is 0 Å². The number of hydrogen-bond donors (Lipinski definition) is 1. The Morgan fingerprint density at radius 3 is 2.55 bits per heavy atom. The van der Waals surface area contributed by atoms with E-state index in [1.54, 1.807) is 0 Å². The lowest BCUT2D eigenvalue weighted by Gasteiger charge is -2.27. The van der Waals surface area contributed by atoms with Crippen molar-refractivity contribution in [1.29, 1.82) is 0 Å². The number of aliphatic hydroxyl groups excluding tert-OH is 1. The Balaban J connectivity index is 2.48. The minimum absolute atomic E-state index is 0.0301. The van der Waals surface area contributed by atoms with Crippen LogP contribution in [0.3, 0.4) is 0 Å². The molecule has 2 atom stereocenters. The summed E-state index contributed by atoms with van der Waals surface area (Å²) in [6.07, 6.45) is -0.0895. The van der Waals surface area contributed by atoms with Gasteiger partial charge in [0.1, 0.15) is 0 Å². The van der Waals surface area contributed by atoms with Crippen LogP contribution in [0.5, 0.6) is 0 Å². The highest BCUT2D eigenvalue weighted by atomic mass is 16.7. The van der Waals surface area contributed by atoms with Crippen molar-refractivity contribution >= 4 is 0 Å². The minimum Gasteiger partial charge on any atom is -0.396 e. The van der Waals surface area contributed by atoms with Crippen molar-refractivity contribution in [2.24, 2.45) is 5.41 Å². The second-order valence-electron chi connectivity index (χ2n) is 3.67. The van der Waals surface area contributed by atoms with E-state index in [2.05, 4.69) is 0 Å². The first-order valence-corrected chi connectivity index (χ1v) is 3.94. The van der Waals surface area contributed by atoms with Crippen LogP contribution in [0, 0.1) is 5.41 Å². The average Bonchev–Trinajstić information content (AvgIpc) is 2.36. The van der Waals surface area contributed by atoms with E-state index in [-0.39, 0.29) is 24.4 Å². The molecule has 0 radical (unpaired) electrons. The van der Waals surface area contributed by atoms with E-state index in [1.165, 1.54) is 0 Å². The zero-order valence-electron chi connectivity index (χ0n) is 7.33. The summed E-state index contributed by atoms with van der Waals surface area (Å²) in [4.78, 5) is 0. The molecule has 11 heavy (non-hydrogen) atoms. The summed E-state index contributed by atoms with van der Waals surface area (Å²) < 4.78 is 10.7. The summed E-state index contributed by atoms with van der Waals surface area (Å²) in [6, 6.07) is 0. The molecule has 66 valence electrons. The van der Waals surface area contributed by atoms with Gasteiger partial charge in [-0.1, -0.05) is 13.8 Å². The zero-order chi connectivity index (χ0) is 8.48. The average molecular weight is 160 g/mol. The molecule has 0 aliphatic carbocycles. The van der Waals surface area contributed by atoms with Crippen LogP contribution in [-0.2, 0) is 9.47 Å². The standard InChI is InChI=1S/C8H16O3/c1-6-10-4-7(11-6)8(2,3)5-9/h6-7,9H,4-5H2,1-3H3. The van der Waals surface area contributed by atoms with Gasteiger partial charge in [0.25, 0.3) is 0 Å². The van der Waals surface area contributed by atoms with E-state index in [9.17, 15) is 0 Å². The van der Waals surface area contributed by atoms with Gasteiger partial charge in [-0.2, -0.15) is 0 Å². The first-order chi connectivity index (χ1) is 5.06. The Morgan fingerprint density at radius 2 is 2.18 bits per heavy atom. The van der Waals surface area contributed by atoms with Crippen LogP contribution < -0.4 is 0 Å². The van der Waals surface area contributed by atoms with Gasteiger partial charge in [0.15, 0.2) is 6.29 Å². The van der Waals surface area contributed by atoms with E-state index in [0.29, 0.717) is 6.61 Å². The van der Waals surface area contributed by atoms with Crippen LogP contribution in [0.15, 0.2) is 0 Å². The van der Waals surface area contributed by atoms with Crippen molar-refractivity contribution in [3.05, 3.63) is 0 Å². The van der Waals surface area contributed by atoms with Crippen LogP contribution in [0.4, 0.5) is 0 Å². The topological polar surface area (TPSA) is 38.7 Å². The van der Waals surface area contributed by atoms with Crippen molar-refractivity contribution in [3.8, 4) is 0 Å².